The zero-order valence-corrected chi connectivity index (χ0v) is 15.2. The van der Waals surface area contributed by atoms with E-state index in [2.05, 4.69) is 25.6 Å². The summed E-state index contributed by atoms with van der Waals surface area (Å²) in [5, 5.41) is 14.3. The third-order valence-electron chi connectivity index (χ3n) is 3.52. The Morgan fingerprint density at radius 1 is 1.00 bits per heavy atom. The third kappa shape index (κ3) is 4.91. The van der Waals surface area contributed by atoms with Crippen molar-refractivity contribution in [2.75, 3.05) is 16.4 Å². The SMILES string of the molecule is Nc1cc(Nc2nc(F)nc(Nc3cccc(C(=O)O)c3)n2)ccc1S(=O)(=O)O. The quantitative estimate of drug-likeness (QED) is 0.291. The van der Waals surface area contributed by atoms with E-state index in [4.69, 9.17) is 15.4 Å². The van der Waals surface area contributed by atoms with Crippen LogP contribution in [-0.2, 0) is 10.1 Å². The molecule has 11 nitrogen and oxygen atoms in total. The van der Waals surface area contributed by atoms with Crippen molar-refractivity contribution in [2.24, 2.45) is 0 Å². The molecule has 1 heterocycles. The number of aromatic carboxylic acids is 1. The van der Waals surface area contributed by atoms with Crippen LogP contribution in [-0.4, -0.2) is 39.0 Å². The number of anilines is 5. The Bertz CT molecular complexity index is 1200. The minimum absolute atomic E-state index is 0.0114. The summed E-state index contributed by atoms with van der Waals surface area (Å²) in [5.74, 6) is -1.57. The summed E-state index contributed by atoms with van der Waals surface area (Å²) in [4.78, 5) is 21.5. The van der Waals surface area contributed by atoms with Gasteiger partial charge in [0, 0.05) is 11.4 Å². The Balaban J connectivity index is 1.85. The molecular formula is C16H13FN6O5S. The van der Waals surface area contributed by atoms with Crippen molar-refractivity contribution in [3.05, 3.63) is 54.1 Å². The van der Waals surface area contributed by atoms with Crippen LogP contribution in [0.4, 0.5) is 33.3 Å². The van der Waals surface area contributed by atoms with E-state index in [1.165, 1.54) is 36.4 Å². The lowest BCUT2D eigenvalue weighted by Crippen LogP contribution is -2.07. The van der Waals surface area contributed by atoms with Crippen LogP contribution in [0.2, 0.25) is 0 Å². The van der Waals surface area contributed by atoms with Gasteiger partial charge in [0.1, 0.15) is 4.90 Å². The number of halogens is 1. The number of nitrogens with one attached hydrogen (secondary N) is 2. The second-order valence-corrected chi connectivity index (χ2v) is 7.01. The van der Waals surface area contributed by atoms with E-state index in [0.717, 1.165) is 6.07 Å². The number of nitrogens with zero attached hydrogens (tertiary/aromatic N) is 3. The van der Waals surface area contributed by atoms with Gasteiger partial charge in [-0.25, -0.2) is 4.79 Å². The molecule has 0 saturated heterocycles. The highest BCUT2D eigenvalue weighted by atomic mass is 32.2. The molecule has 0 spiro atoms. The molecule has 6 N–H and O–H groups in total. The summed E-state index contributed by atoms with van der Waals surface area (Å²) in [5.41, 5.74) is 5.90. The molecule has 0 fully saturated rings. The Morgan fingerprint density at radius 2 is 1.62 bits per heavy atom. The molecule has 0 radical (unpaired) electrons. The summed E-state index contributed by atoms with van der Waals surface area (Å²) in [6.07, 6.45) is -1.12. The zero-order valence-electron chi connectivity index (χ0n) is 14.4. The van der Waals surface area contributed by atoms with Crippen LogP contribution in [0.1, 0.15) is 10.4 Å². The lowest BCUT2D eigenvalue weighted by Gasteiger charge is -2.10. The number of nitrogen functional groups attached to an aromatic ring is 1. The van der Waals surface area contributed by atoms with Crippen molar-refractivity contribution >= 4 is 45.0 Å². The van der Waals surface area contributed by atoms with Crippen LogP contribution < -0.4 is 16.4 Å². The lowest BCUT2D eigenvalue weighted by atomic mass is 10.2. The molecule has 0 atom stereocenters. The summed E-state index contributed by atoms with van der Waals surface area (Å²) >= 11 is 0. The van der Waals surface area contributed by atoms with Crippen molar-refractivity contribution in [3.63, 3.8) is 0 Å². The molecule has 0 bridgehead atoms. The largest absolute Gasteiger partial charge is 0.478 e. The predicted molar refractivity (Wildman–Crippen MR) is 100 cm³/mol. The van der Waals surface area contributed by atoms with Crippen molar-refractivity contribution < 1.29 is 27.3 Å². The molecule has 3 aromatic rings. The molecule has 29 heavy (non-hydrogen) atoms. The second kappa shape index (κ2) is 7.65. The van der Waals surface area contributed by atoms with Crippen LogP contribution in [0.3, 0.4) is 0 Å². The van der Waals surface area contributed by atoms with Gasteiger partial charge in [-0.15, -0.1) is 0 Å². The maximum Gasteiger partial charge on any atom is 0.335 e. The van der Waals surface area contributed by atoms with Gasteiger partial charge in [-0.3, -0.25) is 4.55 Å². The summed E-state index contributed by atoms with van der Waals surface area (Å²) < 4.78 is 45.2. The van der Waals surface area contributed by atoms with Crippen LogP contribution >= 0.6 is 0 Å². The van der Waals surface area contributed by atoms with Crippen molar-refractivity contribution in [1.29, 1.82) is 0 Å². The number of carbonyl (C=O) groups is 1. The van der Waals surface area contributed by atoms with Gasteiger partial charge in [-0.05, 0) is 36.4 Å². The van der Waals surface area contributed by atoms with Gasteiger partial charge in [0.25, 0.3) is 10.1 Å². The van der Waals surface area contributed by atoms with E-state index >= 15 is 0 Å². The van der Waals surface area contributed by atoms with E-state index in [1.54, 1.807) is 0 Å². The lowest BCUT2D eigenvalue weighted by molar-refractivity contribution is 0.0697. The number of hydrogen-bond acceptors (Lipinski definition) is 9. The minimum Gasteiger partial charge on any atom is -0.478 e. The van der Waals surface area contributed by atoms with Gasteiger partial charge >= 0.3 is 12.0 Å². The third-order valence-corrected chi connectivity index (χ3v) is 4.45. The van der Waals surface area contributed by atoms with Crippen LogP contribution in [0.5, 0.6) is 0 Å². The summed E-state index contributed by atoms with van der Waals surface area (Å²) in [6.45, 7) is 0. The van der Waals surface area contributed by atoms with Crippen LogP contribution in [0, 0.1) is 6.08 Å². The predicted octanol–water partition coefficient (Wildman–Crippen LogP) is 2.02. The van der Waals surface area contributed by atoms with Gasteiger partial charge < -0.3 is 21.5 Å². The fourth-order valence-corrected chi connectivity index (χ4v) is 2.91. The van der Waals surface area contributed by atoms with E-state index < -0.39 is 27.1 Å². The molecule has 0 aliphatic rings. The number of hydrogen-bond donors (Lipinski definition) is 5. The zero-order chi connectivity index (χ0) is 21.2. The van der Waals surface area contributed by atoms with Crippen LogP contribution in [0.25, 0.3) is 0 Å². The molecule has 3 rings (SSSR count). The number of aromatic nitrogens is 3. The normalized spacial score (nSPS) is 11.1. The Labute approximate surface area is 163 Å². The molecule has 0 aliphatic heterocycles. The number of rotatable bonds is 6. The number of carboxylic acids is 1. The molecule has 0 amide bonds. The fourth-order valence-electron chi connectivity index (χ4n) is 2.31. The molecule has 0 saturated carbocycles. The first kappa shape index (κ1) is 19.9. The van der Waals surface area contributed by atoms with Crippen LogP contribution in [0.15, 0.2) is 47.4 Å². The number of benzene rings is 2. The highest BCUT2D eigenvalue weighted by Gasteiger charge is 2.15. The molecule has 2 aromatic carbocycles. The maximum atomic E-state index is 13.8. The van der Waals surface area contributed by atoms with Gasteiger partial charge in [0.15, 0.2) is 0 Å². The van der Waals surface area contributed by atoms with E-state index in [9.17, 15) is 17.6 Å². The number of carboxylic acid groups (broad SMARTS) is 1. The average Bonchev–Trinajstić information content (AvgIpc) is 2.60. The van der Waals surface area contributed by atoms with E-state index in [1.807, 2.05) is 0 Å². The topological polar surface area (TPSA) is 180 Å². The molecule has 13 heteroatoms. The molecule has 0 unspecified atom stereocenters. The van der Waals surface area contributed by atoms with Gasteiger partial charge in [0.2, 0.25) is 11.9 Å². The Morgan fingerprint density at radius 3 is 2.17 bits per heavy atom. The van der Waals surface area contributed by atoms with Gasteiger partial charge in [-0.1, -0.05) is 6.07 Å². The first-order valence-electron chi connectivity index (χ1n) is 7.78. The minimum atomic E-state index is -4.49. The standard InChI is InChI=1S/C16H13FN6O5S/c17-14-21-15(19-9-3-1-2-8(6-9)13(24)25)23-16(22-14)20-10-4-5-12(11(18)7-10)29(26,27)28/h1-7H,18H2,(H,24,25)(H,26,27,28)(H2,19,20,21,22,23). The molecule has 1 aromatic heterocycles. The average molecular weight is 420 g/mol. The summed E-state index contributed by atoms with van der Waals surface area (Å²) in [7, 11) is -4.49. The first-order chi connectivity index (χ1) is 13.6. The van der Waals surface area contributed by atoms with Crippen molar-refractivity contribution in [2.45, 2.75) is 4.90 Å². The smallest absolute Gasteiger partial charge is 0.335 e. The highest BCUT2D eigenvalue weighted by Crippen LogP contribution is 2.24. The molecular weight excluding hydrogens is 407 g/mol. The second-order valence-electron chi connectivity index (χ2n) is 5.62. The Hall–Kier alpha value is -3.84. The highest BCUT2D eigenvalue weighted by molar-refractivity contribution is 7.86. The monoisotopic (exact) mass is 420 g/mol. The van der Waals surface area contributed by atoms with Crippen molar-refractivity contribution in [3.8, 4) is 0 Å². The first-order valence-corrected chi connectivity index (χ1v) is 9.22. The molecule has 0 aliphatic carbocycles. The van der Waals surface area contributed by atoms with Crippen molar-refractivity contribution in [1.82, 2.24) is 15.0 Å². The summed E-state index contributed by atoms with van der Waals surface area (Å²) in [6, 6.07) is 9.24. The van der Waals surface area contributed by atoms with Gasteiger partial charge in [-0.2, -0.15) is 27.8 Å². The van der Waals surface area contributed by atoms with E-state index in [-0.39, 0.29) is 28.8 Å². The number of nitrogens with two attached hydrogens (primary N) is 1. The molecule has 150 valence electrons. The van der Waals surface area contributed by atoms with Gasteiger partial charge in [0.05, 0.1) is 11.3 Å². The maximum absolute atomic E-state index is 13.8. The Kier molecular flexibility index (Phi) is 5.25. The fraction of sp³-hybridized carbons (Fsp3) is 0. The van der Waals surface area contributed by atoms with E-state index in [0.29, 0.717) is 5.69 Å².